The second-order valence-electron chi connectivity index (χ2n) is 7.14. The van der Waals surface area contributed by atoms with E-state index in [-0.39, 0.29) is 6.09 Å². The van der Waals surface area contributed by atoms with Gasteiger partial charge in [-0.3, -0.25) is 4.99 Å². The van der Waals surface area contributed by atoms with E-state index in [1.54, 1.807) is 7.05 Å². The van der Waals surface area contributed by atoms with Crippen molar-refractivity contribution in [1.82, 2.24) is 16.0 Å². The lowest BCUT2D eigenvalue weighted by Gasteiger charge is -2.22. The normalized spacial score (nSPS) is 27.0. The zero-order chi connectivity index (χ0) is 16.9. The van der Waals surface area contributed by atoms with Gasteiger partial charge in [0.1, 0.15) is 5.60 Å². The Balaban J connectivity index is 1.57. The Morgan fingerprint density at radius 2 is 2.00 bits per heavy atom. The third-order valence-corrected chi connectivity index (χ3v) is 3.97. The van der Waals surface area contributed by atoms with E-state index in [1.807, 2.05) is 20.8 Å². The fourth-order valence-electron chi connectivity index (χ4n) is 2.96. The van der Waals surface area contributed by atoms with Crippen LogP contribution < -0.4 is 16.0 Å². The highest BCUT2D eigenvalue weighted by Crippen LogP contribution is 2.34. The van der Waals surface area contributed by atoms with Gasteiger partial charge in [-0.05, 0) is 46.5 Å². The molecule has 0 saturated carbocycles. The van der Waals surface area contributed by atoms with Crippen molar-refractivity contribution in [2.45, 2.75) is 70.3 Å². The van der Waals surface area contributed by atoms with Crippen LogP contribution in [0.15, 0.2) is 4.99 Å². The third kappa shape index (κ3) is 5.89. The van der Waals surface area contributed by atoms with Crippen molar-refractivity contribution < 1.29 is 14.3 Å². The molecule has 0 spiro atoms. The molecule has 2 rings (SSSR count). The summed E-state index contributed by atoms with van der Waals surface area (Å²) in [6.45, 7) is 6.85. The first-order chi connectivity index (χ1) is 10.9. The van der Waals surface area contributed by atoms with Crippen LogP contribution in [-0.4, -0.2) is 56.0 Å². The molecule has 0 aromatic heterocycles. The van der Waals surface area contributed by atoms with Crippen molar-refractivity contribution in [2.75, 3.05) is 20.1 Å². The number of alkyl carbamates (subject to hydrolysis) is 1. The van der Waals surface area contributed by atoms with Crippen molar-refractivity contribution >= 4 is 12.1 Å². The van der Waals surface area contributed by atoms with Crippen LogP contribution in [0, 0.1) is 0 Å². The van der Waals surface area contributed by atoms with Crippen molar-refractivity contribution in [3.8, 4) is 0 Å². The number of aliphatic imine (C=N–C) groups is 1. The van der Waals surface area contributed by atoms with Gasteiger partial charge in [0.2, 0.25) is 0 Å². The van der Waals surface area contributed by atoms with E-state index in [0.717, 1.165) is 31.8 Å². The van der Waals surface area contributed by atoms with Gasteiger partial charge < -0.3 is 25.4 Å². The van der Waals surface area contributed by atoms with Gasteiger partial charge in [0.25, 0.3) is 0 Å². The predicted octanol–water partition coefficient (Wildman–Crippen LogP) is 1.39. The highest BCUT2D eigenvalue weighted by molar-refractivity contribution is 5.80. The maximum Gasteiger partial charge on any atom is 0.407 e. The predicted molar refractivity (Wildman–Crippen MR) is 89.7 cm³/mol. The molecule has 0 aliphatic carbocycles. The lowest BCUT2D eigenvalue weighted by molar-refractivity contribution is 0.0527. The number of ether oxygens (including phenoxy) is 2. The van der Waals surface area contributed by atoms with Crippen LogP contribution in [-0.2, 0) is 9.47 Å². The summed E-state index contributed by atoms with van der Waals surface area (Å²) in [4.78, 5) is 15.8. The van der Waals surface area contributed by atoms with Crippen LogP contribution >= 0.6 is 0 Å². The van der Waals surface area contributed by atoms with E-state index in [0.29, 0.717) is 24.8 Å². The van der Waals surface area contributed by atoms with E-state index < -0.39 is 5.60 Å². The average molecular weight is 326 g/mol. The molecule has 2 bridgehead atoms. The molecule has 1 amide bonds. The monoisotopic (exact) mass is 326 g/mol. The van der Waals surface area contributed by atoms with Gasteiger partial charge in [0.05, 0.1) is 18.2 Å². The molecular formula is C16H30N4O3. The number of nitrogens with zero attached hydrogens (tertiary/aromatic N) is 1. The van der Waals surface area contributed by atoms with E-state index in [2.05, 4.69) is 20.9 Å². The first-order valence-corrected chi connectivity index (χ1v) is 8.47. The molecule has 7 nitrogen and oxygen atoms in total. The molecule has 2 saturated heterocycles. The van der Waals surface area contributed by atoms with Gasteiger partial charge in [0.15, 0.2) is 5.96 Å². The minimum absolute atomic E-state index is 0.326. The number of amides is 1. The second kappa shape index (κ2) is 7.86. The molecule has 0 radical (unpaired) electrons. The number of hydrogen-bond acceptors (Lipinski definition) is 4. The molecule has 2 aliphatic heterocycles. The summed E-state index contributed by atoms with van der Waals surface area (Å²) in [5.41, 5.74) is -0.461. The van der Waals surface area contributed by atoms with Gasteiger partial charge in [-0.25, -0.2) is 4.79 Å². The third-order valence-electron chi connectivity index (χ3n) is 3.97. The number of rotatable bonds is 5. The first-order valence-electron chi connectivity index (χ1n) is 8.47. The Hall–Kier alpha value is -1.50. The van der Waals surface area contributed by atoms with Crippen LogP contribution in [0.4, 0.5) is 4.79 Å². The summed E-state index contributed by atoms with van der Waals surface area (Å²) in [6.07, 6.45) is 4.56. The summed E-state index contributed by atoms with van der Waals surface area (Å²) >= 11 is 0. The van der Waals surface area contributed by atoms with Gasteiger partial charge in [0, 0.05) is 20.1 Å². The lowest BCUT2D eigenvalue weighted by Crippen LogP contribution is -2.47. The van der Waals surface area contributed by atoms with Gasteiger partial charge >= 0.3 is 6.09 Å². The summed E-state index contributed by atoms with van der Waals surface area (Å²) < 4.78 is 11.0. The summed E-state index contributed by atoms with van der Waals surface area (Å²) in [7, 11) is 1.77. The van der Waals surface area contributed by atoms with Crippen molar-refractivity contribution in [3.63, 3.8) is 0 Å². The highest BCUT2D eigenvalue weighted by atomic mass is 16.6. The minimum atomic E-state index is -0.461. The lowest BCUT2D eigenvalue weighted by atomic mass is 9.96. The van der Waals surface area contributed by atoms with Crippen LogP contribution in [0.1, 0.15) is 46.5 Å². The maximum atomic E-state index is 11.5. The number of nitrogens with one attached hydrogen (secondary N) is 3. The number of carbonyl (C=O) groups excluding carboxylic acids is 1. The standard InChI is InChI=1S/C16H30N4O3/c1-16(2,3)23-15(21)19-9-5-8-18-14(17-4)20-12-10-11-6-7-13(12)22-11/h11-13H,5-10H2,1-4H3,(H,19,21)(H2,17,18,20). The molecule has 23 heavy (non-hydrogen) atoms. The zero-order valence-electron chi connectivity index (χ0n) is 14.6. The van der Waals surface area contributed by atoms with Crippen LogP contribution in [0.25, 0.3) is 0 Å². The van der Waals surface area contributed by atoms with Crippen molar-refractivity contribution in [2.24, 2.45) is 4.99 Å². The number of fused-ring (bicyclic) bond motifs is 2. The first kappa shape index (κ1) is 17.8. The van der Waals surface area contributed by atoms with Gasteiger partial charge in [-0.15, -0.1) is 0 Å². The molecule has 3 unspecified atom stereocenters. The molecule has 3 N–H and O–H groups in total. The largest absolute Gasteiger partial charge is 0.444 e. The second-order valence-corrected chi connectivity index (χ2v) is 7.14. The van der Waals surface area contributed by atoms with E-state index in [9.17, 15) is 4.79 Å². The number of carbonyl (C=O) groups is 1. The van der Waals surface area contributed by atoms with Crippen LogP contribution in [0.2, 0.25) is 0 Å². The molecule has 2 fully saturated rings. The Labute approximate surface area is 138 Å². The summed E-state index contributed by atoms with van der Waals surface area (Å²) in [5, 5.41) is 9.44. The molecule has 3 atom stereocenters. The molecule has 132 valence electrons. The van der Waals surface area contributed by atoms with E-state index in [4.69, 9.17) is 9.47 Å². The van der Waals surface area contributed by atoms with Crippen molar-refractivity contribution in [3.05, 3.63) is 0 Å². The quantitative estimate of drug-likeness (QED) is 0.404. The Bertz CT molecular complexity index is 434. The number of hydrogen-bond donors (Lipinski definition) is 3. The zero-order valence-corrected chi connectivity index (χ0v) is 14.6. The number of guanidine groups is 1. The summed E-state index contributed by atoms with van der Waals surface area (Å²) in [5.74, 6) is 0.795. The van der Waals surface area contributed by atoms with E-state index >= 15 is 0 Å². The SMILES string of the molecule is CN=C(NCCCNC(=O)OC(C)(C)C)NC1CC2CCC1O2. The van der Waals surface area contributed by atoms with Gasteiger partial charge in [-0.1, -0.05) is 0 Å². The fourth-order valence-corrected chi connectivity index (χ4v) is 2.96. The minimum Gasteiger partial charge on any atom is -0.444 e. The van der Waals surface area contributed by atoms with Gasteiger partial charge in [-0.2, -0.15) is 0 Å². The molecule has 2 heterocycles. The maximum absolute atomic E-state index is 11.5. The van der Waals surface area contributed by atoms with Crippen LogP contribution in [0.5, 0.6) is 0 Å². The Kier molecular flexibility index (Phi) is 6.10. The van der Waals surface area contributed by atoms with Crippen molar-refractivity contribution in [1.29, 1.82) is 0 Å². The fraction of sp³-hybridized carbons (Fsp3) is 0.875. The molecule has 7 heteroatoms. The Morgan fingerprint density at radius 1 is 1.26 bits per heavy atom. The smallest absolute Gasteiger partial charge is 0.407 e. The molecule has 2 aliphatic rings. The summed E-state index contributed by atoms with van der Waals surface area (Å²) in [6, 6.07) is 0.361. The van der Waals surface area contributed by atoms with E-state index in [1.165, 1.54) is 6.42 Å². The molecular weight excluding hydrogens is 296 g/mol. The Morgan fingerprint density at radius 3 is 2.57 bits per heavy atom. The average Bonchev–Trinajstić information content (AvgIpc) is 3.06. The topological polar surface area (TPSA) is 84.0 Å². The van der Waals surface area contributed by atoms with Crippen LogP contribution in [0.3, 0.4) is 0 Å². The highest BCUT2D eigenvalue weighted by Gasteiger charge is 2.41. The molecule has 0 aromatic carbocycles. The molecule has 0 aromatic rings.